The summed E-state index contributed by atoms with van der Waals surface area (Å²) in [5.74, 6) is 0. The number of nitrogens with two attached hydrogens (primary N) is 1. The van der Waals surface area contributed by atoms with Gasteiger partial charge in [-0.2, -0.15) is 13.2 Å². The summed E-state index contributed by atoms with van der Waals surface area (Å²) in [4.78, 5) is 8.81. The highest BCUT2D eigenvalue weighted by molar-refractivity contribution is 7.37. The molecule has 154 valence electrons. The van der Waals surface area contributed by atoms with Gasteiger partial charge in [0.2, 0.25) is 0 Å². The number of anilines is 1. The van der Waals surface area contributed by atoms with Crippen molar-refractivity contribution in [2.75, 3.05) is 18.1 Å². The van der Waals surface area contributed by atoms with E-state index >= 15 is 0 Å². The molecule has 0 spiro atoms. The Bertz CT molecular complexity index is 463. The van der Waals surface area contributed by atoms with Gasteiger partial charge in [0.1, 0.15) is 6.29 Å². The Labute approximate surface area is 163 Å². The number of nitrogen functional groups attached to an aromatic ring is 1. The van der Waals surface area contributed by atoms with Gasteiger partial charge in [-0.05, 0) is 50.3 Å². The molecule has 0 saturated carbocycles. The second kappa shape index (κ2) is 19.0. The van der Waals surface area contributed by atoms with Gasteiger partial charge in [0.15, 0.2) is 0 Å². The molecule has 0 radical (unpaired) electrons. The summed E-state index contributed by atoms with van der Waals surface area (Å²) >= 11 is 5.50. The summed E-state index contributed by atoms with van der Waals surface area (Å²) in [6.45, 7) is 11.5. The van der Waals surface area contributed by atoms with E-state index in [1.54, 1.807) is 0 Å². The third kappa shape index (κ3) is 16.7. The van der Waals surface area contributed by atoms with Crippen LogP contribution in [-0.2, 0) is 11.0 Å². The molecule has 0 aliphatic rings. The average molecular weight is 416 g/mol. The minimum Gasteiger partial charge on any atom is -0.397 e. The van der Waals surface area contributed by atoms with Gasteiger partial charge in [0.05, 0.1) is 16.3 Å². The van der Waals surface area contributed by atoms with Gasteiger partial charge in [-0.3, -0.25) is 0 Å². The zero-order valence-corrected chi connectivity index (χ0v) is 18.5. The summed E-state index contributed by atoms with van der Waals surface area (Å²) in [5.41, 5.74) is 4.33. The Morgan fingerprint density at radius 2 is 1.65 bits per heavy atom. The lowest BCUT2D eigenvalue weighted by molar-refractivity contribution is -0.137. The molecule has 0 bridgehead atoms. The lowest BCUT2D eigenvalue weighted by Gasteiger charge is -2.11. The number of hydrogen-bond donors (Lipinski definition) is 1. The summed E-state index contributed by atoms with van der Waals surface area (Å²) in [6, 6.07) is 2.37. The lowest BCUT2D eigenvalue weighted by atomic mass is 10.1. The number of aryl methyl sites for hydroxylation is 1. The molecule has 0 aromatic heterocycles. The van der Waals surface area contributed by atoms with Crippen molar-refractivity contribution in [3.05, 3.63) is 28.3 Å². The maximum atomic E-state index is 12.3. The van der Waals surface area contributed by atoms with Gasteiger partial charge in [-0.1, -0.05) is 52.1 Å². The number of carbonyl (C=O) groups is 1. The van der Waals surface area contributed by atoms with E-state index in [-0.39, 0.29) is 5.02 Å². The van der Waals surface area contributed by atoms with Crippen molar-refractivity contribution in [2.24, 2.45) is 0 Å². The fourth-order valence-electron chi connectivity index (χ4n) is 1.59. The first-order valence-electron chi connectivity index (χ1n) is 8.88. The zero-order valence-electron chi connectivity index (χ0n) is 16.8. The normalized spacial score (nSPS) is 10.1. The van der Waals surface area contributed by atoms with Gasteiger partial charge in [0, 0.05) is 0 Å². The van der Waals surface area contributed by atoms with Crippen molar-refractivity contribution in [2.45, 2.75) is 67.0 Å². The highest BCUT2D eigenvalue weighted by atomic mass is 35.5. The molecule has 0 heterocycles. The predicted octanol–water partition coefficient (Wildman–Crippen LogP) is 7.36. The molecule has 0 fully saturated rings. The standard InChI is InChI=1S/C8H7ClF3N.C7H17P.C2H4O.C2H6/c1-4-2-5(8(10,11)12)7(13)6(9)3-4;1-3-5-7-8-6-4-2;1-2-3;1-2/h2-3H,13H2,1H3;8H,3-7H2,1-2H3;2H,1H3;1-2H3. The van der Waals surface area contributed by atoms with E-state index in [0.29, 0.717) is 5.56 Å². The Balaban J connectivity index is -0.000000349. The number of hydrogen-bond acceptors (Lipinski definition) is 2. The van der Waals surface area contributed by atoms with Crippen LogP contribution in [0.15, 0.2) is 12.1 Å². The van der Waals surface area contributed by atoms with Crippen LogP contribution in [0.4, 0.5) is 18.9 Å². The topological polar surface area (TPSA) is 43.1 Å². The minimum atomic E-state index is -4.44. The second-order valence-electron chi connectivity index (χ2n) is 5.04. The van der Waals surface area contributed by atoms with Crippen molar-refractivity contribution in [1.29, 1.82) is 0 Å². The SMILES string of the molecule is CC.CC=O.CCCCPCCC.Cc1cc(Cl)c(N)c(C(F)(F)F)c1. The van der Waals surface area contributed by atoms with E-state index in [1.807, 2.05) is 13.8 Å². The number of rotatable bonds is 5. The maximum Gasteiger partial charge on any atom is 0.418 e. The largest absolute Gasteiger partial charge is 0.418 e. The average Bonchev–Trinajstić information content (AvgIpc) is 2.57. The summed E-state index contributed by atoms with van der Waals surface area (Å²) in [6.07, 6.45) is 3.43. The fraction of sp³-hybridized carbons (Fsp3) is 0.632. The molecule has 0 aliphatic carbocycles. The molecule has 7 heteroatoms. The third-order valence-corrected chi connectivity index (χ3v) is 4.59. The van der Waals surface area contributed by atoms with Crippen molar-refractivity contribution in [3.8, 4) is 0 Å². The number of alkyl halides is 3. The van der Waals surface area contributed by atoms with Crippen molar-refractivity contribution >= 4 is 32.2 Å². The molecule has 26 heavy (non-hydrogen) atoms. The van der Waals surface area contributed by atoms with Gasteiger partial charge in [0.25, 0.3) is 0 Å². The summed E-state index contributed by atoms with van der Waals surface area (Å²) in [5, 5.41) is -0.0627. The molecule has 2 N–H and O–H groups in total. The van der Waals surface area contributed by atoms with Crippen LogP contribution >= 0.6 is 20.2 Å². The van der Waals surface area contributed by atoms with Crippen molar-refractivity contribution < 1.29 is 18.0 Å². The number of aldehydes is 1. The molecular weight excluding hydrogens is 382 g/mol. The molecule has 1 unspecified atom stereocenters. The zero-order chi connectivity index (χ0) is 21.2. The van der Waals surface area contributed by atoms with E-state index in [0.717, 1.165) is 12.4 Å². The van der Waals surface area contributed by atoms with Crippen LogP contribution in [0, 0.1) is 6.92 Å². The predicted molar refractivity (Wildman–Crippen MR) is 112 cm³/mol. The van der Waals surface area contributed by atoms with E-state index < -0.39 is 17.4 Å². The Hall–Kier alpha value is -0.800. The number of unbranched alkanes of at least 4 members (excludes halogenated alkanes) is 1. The highest BCUT2D eigenvalue weighted by Gasteiger charge is 2.33. The Morgan fingerprint density at radius 1 is 1.15 bits per heavy atom. The van der Waals surface area contributed by atoms with E-state index in [2.05, 4.69) is 13.8 Å². The van der Waals surface area contributed by atoms with Gasteiger partial charge < -0.3 is 10.5 Å². The summed E-state index contributed by atoms with van der Waals surface area (Å²) in [7, 11) is 1.24. The van der Waals surface area contributed by atoms with Crippen LogP contribution in [-0.4, -0.2) is 18.6 Å². The number of benzene rings is 1. The molecule has 0 amide bonds. The molecule has 1 aromatic rings. The first-order valence-corrected chi connectivity index (χ1v) is 10.7. The first kappa shape index (κ1) is 29.9. The fourth-order valence-corrected chi connectivity index (χ4v) is 3.07. The maximum absolute atomic E-state index is 12.3. The molecular formula is C19H34ClF3NOP. The monoisotopic (exact) mass is 415 g/mol. The molecule has 0 aliphatic heterocycles. The van der Waals surface area contributed by atoms with Gasteiger partial charge >= 0.3 is 6.18 Å². The first-order chi connectivity index (χ1) is 12.1. The van der Waals surface area contributed by atoms with Crippen LogP contribution in [0.5, 0.6) is 0 Å². The van der Waals surface area contributed by atoms with Crippen molar-refractivity contribution in [1.82, 2.24) is 0 Å². The van der Waals surface area contributed by atoms with Gasteiger partial charge in [-0.25, -0.2) is 0 Å². The van der Waals surface area contributed by atoms with Crippen LogP contribution in [0.2, 0.25) is 5.02 Å². The van der Waals surface area contributed by atoms with Crippen LogP contribution < -0.4 is 5.73 Å². The third-order valence-electron chi connectivity index (χ3n) is 2.71. The molecule has 1 aromatic carbocycles. The second-order valence-corrected chi connectivity index (χ2v) is 6.95. The van der Waals surface area contributed by atoms with Crippen LogP contribution in [0.1, 0.15) is 65.0 Å². The van der Waals surface area contributed by atoms with Crippen molar-refractivity contribution in [3.63, 3.8) is 0 Å². The molecule has 2 nitrogen and oxygen atoms in total. The highest BCUT2D eigenvalue weighted by Crippen LogP contribution is 2.37. The van der Waals surface area contributed by atoms with E-state index in [1.165, 1.54) is 60.1 Å². The van der Waals surface area contributed by atoms with E-state index in [9.17, 15) is 13.2 Å². The summed E-state index contributed by atoms with van der Waals surface area (Å²) < 4.78 is 36.8. The Kier molecular flexibility index (Phi) is 21.9. The van der Waals surface area contributed by atoms with E-state index in [4.69, 9.17) is 22.1 Å². The molecule has 0 saturated heterocycles. The smallest absolute Gasteiger partial charge is 0.397 e. The minimum absolute atomic E-state index is 0.0627. The quantitative estimate of drug-likeness (QED) is 0.236. The Morgan fingerprint density at radius 3 is 2.04 bits per heavy atom. The van der Waals surface area contributed by atoms with Crippen LogP contribution in [0.3, 0.4) is 0 Å². The van der Waals surface area contributed by atoms with Crippen LogP contribution in [0.25, 0.3) is 0 Å². The molecule has 1 atom stereocenters. The molecule has 1 rings (SSSR count). The lowest BCUT2D eigenvalue weighted by Crippen LogP contribution is -2.09. The number of halogens is 4. The number of carbonyl (C=O) groups excluding carboxylic acids is 1. The van der Waals surface area contributed by atoms with Gasteiger partial charge in [-0.15, -0.1) is 8.58 Å².